The molecule has 124 valence electrons. The molecule has 23 heavy (non-hydrogen) atoms. The van der Waals surface area contributed by atoms with E-state index >= 15 is 0 Å². The third kappa shape index (κ3) is 2.66. The first-order valence-electron chi connectivity index (χ1n) is 8.26. The average molecular weight is 319 g/mol. The second-order valence-corrected chi connectivity index (χ2v) is 6.85. The van der Waals surface area contributed by atoms with Crippen LogP contribution in [0.5, 0.6) is 0 Å². The van der Waals surface area contributed by atoms with E-state index in [1.54, 1.807) is 6.92 Å². The molecule has 1 N–H and O–H groups in total. The molecule has 0 radical (unpaired) electrons. The molecular formula is C15H21N5O3. The summed E-state index contributed by atoms with van der Waals surface area (Å²) in [6.07, 6.45) is 3.81. The summed E-state index contributed by atoms with van der Waals surface area (Å²) in [7, 11) is 0. The largest absolute Gasteiger partial charge is 0.339 e. The maximum atomic E-state index is 12.4. The van der Waals surface area contributed by atoms with Gasteiger partial charge in [0.25, 0.3) is 0 Å². The van der Waals surface area contributed by atoms with Gasteiger partial charge in [-0.1, -0.05) is 5.16 Å². The van der Waals surface area contributed by atoms with Crippen molar-refractivity contribution >= 4 is 18.0 Å². The van der Waals surface area contributed by atoms with Gasteiger partial charge in [0.15, 0.2) is 5.82 Å². The van der Waals surface area contributed by atoms with E-state index in [2.05, 4.69) is 20.4 Å². The minimum absolute atomic E-state index is 0.137. The zero-order chi connectivity index (χ0) is 16.0. The van der Waals surface area contributed by atoms with E-state index in [4.69, 9.17) is 4.52 Å². The lowest BCUT2D eigenvalue weighted by atomic mass is 9.76. The third-order valence-corrected chi connectivity index (χ3v) is 5.21. The summed E-state index contributed by atoms with van der Waals surface area (Å²) in [5, 5.41) is 6.34. The summed E-state index contributed by atoms with van der Waals surface area (Å²) < 4.78 is 4.95. The van der Waals surface area contributed by atoms with Crippen LogP contribution in [0.1, 0.15) is 31.5 Å². The fourth-order valence-electron chi connectivity index (χ4n) is 4.29. The quantitative estimate of drug-likeness (QED) is 0.841. The highest BCUT2D eigenvalue weighted by Gasteiger charge is 2.44. The fraction of sp³-hybridized carbons (Fsp3) is 0.733. The number of amides is 3. The standard InChI is InChI=1S/C15H21N5O3/c1-9-16-14(23-18-9)17-15(22)19-6-10-5-11(8-19)12-3-2-4-13(21)20(12)7-10/h10-12H,2-8H2,1H3,(H,16,17,18,22)/t10-,11+,12-/m0/s1. The molecule has 8 heteroatoms. The Morgan fingerprint density at radius 2 is 2.22 bits per heavy atom. The summed E-state index contributed by atoms with van der Waals surface area (Å²) >= 11 is 0. The zero-order valence-electron chi connectivity index (χ0n) is 13.2. The van der Waals surface area contributed by atoms with E-state index in [-0.39, 0.29) is 18.0 Å². The average Bonchev–Trinajstić information content (AvgIpc) is 2.93. The Kier molecular flexibility index (Phi) is 3.46. The Bertz CT molecular complexity index is 630. The molecule has 3 fully saturated rings. The number of aromatic nitrogens is 2. The maximum Gasteiger partial charge on any atom is 0.329 e. The second kappa shape index (κ2) is 5.50. The molecule has 0 aliphatic carbocycles. The van der Waals surface area contributed by atoms with Gasteiger partial charge in [-0.3, -0.25) is 10.1 Å². The molecule has 3 saturated heterocycles. The number of carbonyl (C=O) groups is 2. The lowest BCUT2D eigenvalue weighted by Crippen LogP contribution is -2.61. The van der Waals surface area contributed by atoms with Gasteiger partial charge in [-0.2, -0.15) is 4.98 Å². The highest BCUT2D eigenvalue weighted by molar-refractivity contribution is 5.87. The minimum Gasteiger partial charge on any atom is -0.339 e. The van der Waals surface area contributed by atoms with Crippen molar-refractivity contribution in [1.29, 1.82) is 0 Å². The highest BCUT2D eigenvalue weighted by atomic mass is 16.5. The van der Waals surface area contributed by atoms with Crippen LogP contribution in [-0.4, -0.2) is 57.6 Å². The Labute approximate surface area is 134 Å². The molecule has 0 saturated carbocycles. The first-order valence-corrected chi connectivity index (χ1v) is 8.26. The van der Waals surface area contributed by atoms with Crippen LogP contribution in [0.2, 0.25) is 0 Å². The van der Waals surface area contributed by atoms with Crippen molar-refractivity contribution in [2.75, 3.05) is 25.0 Å². The number of nitrogens with zero attached hydrogens (tertiary/aromatic N) is 4. The van der Waals surface area contributed by atoms with Gasteiger partial charge in [-0.05, 0) is 38.0 Å². The number of nitrogens with one attached hydrogen (secondary N) is 1. The minimum atomic E-state index is -0.195. The van der Waals surface area contributed by atoms with Gasteiger partial charge in [0.1, 0.15) is 0 Å². The van der Waals surface area contributed by atoms with Crippen molar-refractivity contribution in [3.8, 4) is 0 Å². The number of anilines is 1. The predicted molar refractivity (Wildman–Crippen MR) is 80.6 cm³/mol. The Morgan fingerprint density at radius 1 is 1.35 bits per heavy atom. The lowest BCUT2D eigenvalue weighted by molar-refractivity contribution is -0.144. The topological polar surface area (TPSA) is 91.6 Å². The van der Waals surface area contributed by atoms with E-state index in [0.717, 1.165) is 25.8 Å². The van der Waals surface area contributed by atoms with Gasteiger partial charge in [0, 0.05) is 32.1 Å². The molecular weight excluding hydrogens is 298 g/mol. The summed E-state index contributed by atoms with van der Waals surface area (Å²) in [6.45, 7) is 3.85. The molecule has 0 unspecified atom stereocenters. The first kappa shape index (κ1) is 14.5. The van der Waals surface area contributed by atoms with Gasteiger partial charge in [0.2, 0.25) is 5.91 Å². The van der Waals surface area contributed by atoms with Gasteiger partial charge < -0.3 is 14.3 Å². The molecule has 8 nitrogen and oxygen atoms in total. The lowest BCUT2D eigenvalue weighted by Gasteiger charge is -2.52. The number of aryl methyl sites for hydroxylation is 1. The number of likely N-dealkylation sites (tertiary alicyclic amines) is 1. The van der Waals surface area contributed by atoms with Crippen LogP contribution in [0.3, 0.4) is 0 Å². The Morgan fingerprint density at radius 3 is 3.00 bits per heavy atom. The molecule has 3 aliphatic heterocycles. The monoisotopic (exact) mass is 319 g/mol. The van der Waals surface area contributed by atoms with Crippen LogP contribution >= 0.6 is 0 Å². The molecule has 2 bridgehead atoms. The zero-order valence-corrected chi connectivity index (χ0v) is 13.2. The van der Waals surface area contributed by atoms with Crippen LogP contribution in [0, 0.1) is 18.8 Å². The Balaban J connectivity index is 1.45. The molecule has 1 aromatic rings. The molecule has 4 heterocycles. The van der Waals surface area contributed by atoms with Crippen LogP contribution < -0.4 is 5.32 Å². The van der Waals surface area contributed by atoms with E-state index in [9.17, 15) is 9.59 Å². The van der Waals surface area contributed by atoms with E-state index < -0.39 is 0 Å². The number of carbonyl (C=O) groups excluding carboxylic acids is 2. The molecule has 0 spiro atoms. The summed E-state index contributed by atoms with van der Waals surface area (Å²) in [4.78, 5) is 32.5. The van der Waals surface area contributed by atoms with Gasteiger partial charge in [-0.25, -0.2) is 4.79 Å². The number of hydrogen-bond donors (Lipinski definition) is 1. The smallest absolute Gasteiger partial charge is 0.329 e. The van der Waals surface area contributed by atoms with Crippen molar-refractivity contribution in [1.82, 2.24) is 19.9 Å². The third-order valence-electron chi connectivity index (χ3n) is 5.21. The second-order valence-electron chi connectivity index (χ2n) is 6.85. The molecule has 4 rings (SSSR count). The first-order chi connectivity index (χ1) is 11.1. The normalized spacial score (nSPS) is 30.1. The SMILES string of the molecule is Cc1noc(NC(=O)N2C[C@@H]3C[C@H](C2)[C@@H]2CCCC(=O)N2C3)n1. The predicted octanol–water partition coefficient (Wildman–Crippen LogP) is 1.24. The molecule has 0 aromatic carbocycles. The van der Waals surface area contributed by atoms with Gasteiger partial charge in [0.05, 0.1) is 0 Å². The number of rotatable bonds is 1. The number of hydrogen-bond acceptors (Lipinski definition) is 5. The number of piperidine rings is 3. The van der Waals surface area contributed by atoms with Crippen molar-refractivity contribution in [3.05, 3.63) is 5.82 Å². The van der Waals surface area contributed by atoms with Gasteiger partial charge >= 0.3 is 12.0 Å². The van der Waals surface area contributed by atoms with Gasteiger partial charge in [-0.15, -0.1) is 0 Å². The van der Waals surface area contributed by atoms with Crippen molar-refractivity contribution in [2.24, 2.45) is 11.8 Å². The fourth-order valence-corrected chi connectivity index (χ4v) is 4.29. The van der Waals surface area contributed by atoms with Crippen LogP contribution in [0.4, 0.5) is 10.8 Å². The maximum absolute atomic E-state index is 12.4. The van der Waals surface area contributed by atoms with Crippen LogP contribution in [0.25, 0.3) is 0 Å². The molecule has 3 amide bonds. The molecule has 3 atom stereocenters. The summed E-state index contributed by atoms with van der Waals surface area (Å²) in [5.74, 6) is 1.52. The summed E-state index contributed by atoms with van der Waals surface area (Å²) in [5.41, 5.74) is 0. The highest BCUT2D eigenvalue weighted by Crippen LogP contribution is 2.37. The summed E-state index contributed by atoms with van der Waals surface area (Å²) in [6, 6.07) is 0.241. The van der Waals surface area contributed by atoms with Crippen molar-refractivity contribution < 1.29 is 14.1 Å². The van der Waals surface area contributed by atoms with E-state index in [1.165, 1.54) is 0 Å². The van der Waals surface area contributed by atoms with E-state index in [1.807, 2.05) is 4.90 Å². The number of fused-ring (bicyclic) bond motifs is 4. The molecule has 1 aromatic heterocycles. The van der Waals surface area contributed by atoms with E-state index in [0.29, 0.717) is 43.2 Å². The Hall–Kier alpha value is -2.12. The van der Waals surface area contributed by atoms with Crippen LogP contribution in [0.15, 0.2) is 4.52 Å². The van der Waals surface area contributed by atoms with Crippen molar-refractivity contribution in [3.63, 3.8) is 0 Å². The number of urea groups is 1. The van der Waals surface area contributed by atoms with Crippen molar-refractivity contribution in [2.45, 2.75) is 38.6 Å². The molecule has 3 aliphatic rings. The van der Waals surface area contributed by atoms with Crippen LogP contribution in [-0.2, 0) is 4.79 Å².